The van der Waals surface area contributed by atoms with Crippen LogP contribution in [0, 0.1) is 0 Å². The number of ether oxygens (including phenoxy) is 4. The number of carbonyl (C=O) groups is 8. The first-order chi connectivity index (χ1) is 40.4. The summed E-state index contributed by atoms with van der Waals surface area (Å²) in [5.41, 5.74) is 36.1. The van der Waals surface area contributed by atoms with Gasteiger partial charge in [-0.15, -0.1) is 0 Å². The van der Waals surface area contributed by atoms with Crippen LogP contribution in [0.3, 0.4) is 0 Å². The maximum absolute atomic E-state index is 14.3. The number of hydrogen-bond acceptors (Lipinski definition) is 17. The lowest BCUT2D eigenvalue weighted by Crippen LogP contribution is -2.42. The first-order valence-corrected chi connectivity index (χ1v) is 27.0. The molecule has 0 fully saturated rings. The number of nitrogens with one attached hydrogen (secondary N) is 3. The zero-order valence-corrected chi connectivity index (χ0v) is 46.8. The first-order valence-electron chi connectivity index (χ1n) is 29.0. The van der Waals surface area contributed by atoms with Crippen molar-refractivity contribution in [3.63, 3.8) is 0 Å². The van der Waals surface area contributed by atoms with E-state index in [-0.39, 0.29) is 96.0 Å². The van der Waals surface area contributed by atoms with E-state index in [1.165, 1.54) is 83.0 Å². The first kappa shape index (κ1) is 59.6. The van der Waals surface area contributed by atoms with E-state index in [2.05, 4.69) is 16.0 Å². The summed E-state index contributed by atoms with van der Waals surface area (Å²) >= 11 is 0. The number of unbranched alkanes of at least 4 members (excludes halogenated alkanes) is 3. The van der Waals surface area contributed by atoms with Gasteiger partial charge in [0, 0.05) is 31.2 Å². The molecule has 0 saturated heterocycles. The molecule has 4 amide bonds. The normalized spacial score (nSPS) is 13.6. The molecule has 4 aromatic carbocycles. The van der Waals surface area contributed by atoms with Crippen LogP contribution < -0.4 is 69.3 Å². The summed E-state index contributed by atoms with van der Waals surface area (Å²) < 4.78 is 54.0. The van der Waals surface area contributed by atoms with Crippen LogP contribution in [-0.4, -0.2) is 126 Å². The molecule has 0 saturated carbocycles. The van der Waals surface area contributed by atoms with Gasteiger partial charge in [-0.2, -0.15) is 0 Å². The van der Waals surface area contributed by atoms with Crippen LogP contribution in [-0.2, 0) is 44.9 Å². The van der Waals surface area contributed by atoms with Gasteiger partial charge in [-0.3, -0.25) is 38.4 Å². The Morgan fingerprint density at radius 1 is 0.420 bits per heavy atom. The van der Waals surface area contributed by atoms with E-state index >= 15 is 0 Å². The lowest BCUT2D eigenvalue weighted by molar-refractivity contribution is -0.121. The zero-order chi connectivity index (χ0) is 63.0. The molecule has 21 heteroatoms. The van der Waals surface area contributed by atoms with Crippen molar-refractivity contribution >= 4 is 46.8 Å². The van der Waals surface area contributed by atoms with Gasteiger partial charge in [0.05, 0.1) is 74.9 Å². The molecule has 4 aromatic rings. The van der Waals surface area contributed by atoms with E-state index in [0.717, 1.165) is 0 Å². The molecular formula is C60H83N9O12. The van der Waals surface area contributed by atoms with Crippen LogP contribution >= 0.6 is 0 Å². The van der Waals surface area contributed by atoms with Gasteiger partial charge in [0.25, 0.3) is 23.6 Å². The SMILES string of the molecule is [2H]C([2H])(CN)C([2H])([2H])C[C@H](N)C(=O)Cc1ccc(OC)c(C(=O)N[C@@H](CCCCN)C(=O)Cc2ccc(OC)c(C(=O)N[C@@H](CCCCN)C(=O)Cc3ccc(OC)c(C(=O)N[C@@H](CCCCN)C(=O)Cc4ccc(OC)c(C(N)=O)c4)c3)c2)c1. The van der Waals surface area contributed by atoms with E-state index < -0.39 is 90.9 Å². The third kappa shape index (κ3) is 20.5. The monoisotopic (exact) mass is 1130 g/mol. The highest BCUT2D eigenvalue weighted by Crippen LogP contribution is 2.26. The molecule has 440 valence electrons. The van der Waals surface area contributed by atoms with E-state index in [9.17, 15) is 38.4 Å². The molecule has 0 radical (unpaired) electrons. The summed E-state index contributed by atoms with van der Waals surface area (Å²) in [6.45, 7) is 0.386. The quantitative estimate of drug-likeness (QED) is 0.0289. The molecule has 0 heterocycles. The van der Waals surface area contributed by atoms with E-state index in [0.29, 0.717) is 80.4 Å². The van der Waals surface area contributed by atoms with Crippen LogP contribution in [0.2, 0.25) is 0 Å². The summed E-state index contributed by atoms with van der Waals surface area (Å²) in [5, 5.41) is 8.50. The maximum Gasteiger partial charge on any atom is 0.255 e. The molecule has 0 bridgehead atoms. The Morgan fingerprint density at radius 3 is 1.00 bits per heavy atom. The summed E-state index contributed by atoms with van der Waals surface area (Å²) in [6, 6.07) is 13.7. The zero-order valence-electron chi connectivity index (χ0n) is 50.8. The second kappa shape index (κ2) is 34.6. The standard InChI is InChI=1S/C60H83N9O12/c1-78-53-21-17-37(29-41(53)57(66)74)34-50(71)46(14-6-10-26-62)67-59(76)43-31-39(19-23-55(43)80-3)36-52(73)48(16-8-12-28-64)69-60(77)44-32-40(20-24-56(44)81-4)35-51(72)47(15-7-11-27-63)68-58(75)42-30-38(18-22-54(42)79-2)33-49(70)45(65)13-5-9-25-61/h17-24,29-32,45-48H,5-16,25-28,33-36,61-65H2,1-4H3,(H2,66,74)(H,67,76)(H,68,75)(H,69,77)/t45-,46-,47-,48-/m0/s1/i5D2,9D2. The van der Waals surface area contributed by atoms with Gasteiger partial charge in [0.1, 0.15) is 23.0 Å². The van der Waals surface area contributed by atoms with Gasteiger partial charge in [0.15, 0.2) is 23.1 Å². The van der Waals surface area contributed by atoms with Crippen LogP contribution in [0.1, 0.15) is 146 Å². The predicted molar refractivity (Wildman–Crippen MR) is 309 cm³/mol. The fourth-order valence-corrected chi connectivity index (χ4v) is 8.99. The van der Waals surface area contributed by atoms with Gasteiger partial charge >= 0.3 is 0 Å². The molecule has 0 aliphatic carbocycles. The minimum absolute atomic E-state index is 0.0115. The molecule has 0 unspecified atom stereocenters. The molecule has 0 spiro atoms. The average Bonchev–Trinajstić information content (AvgIpc) is 3.25. The van der Waals surface area contributed by atoms with Crippen LogP contribution in [0.25, 0.3) is 0 Å². The van der Waals surface area contributed by atoms with Gasteiger partial charge in [0.2, 0.25) is 0 Å². The number of carbonyl (C=O) groups excluding carboxylic acids is 8. The summed E-state index contributed by atoms with van der Waals surface area (Å²) in [6.07, 6.45) is -2.81. The Balaban J connectivity index is 1.55. The Bertz CT molecular complexity index is 2980. The number of methoxy groups -OCH3 is 4. The molecule has 0 aliphatic rings. The molecule has 4 rings (SSSR count). The second-order valence-corrected chi connectivity index (χ2v) is 19.4. The van der Waals surface area contributed by atoms with Crippen molar-refractivity contribution in [2.45, 2.75) is 127 Å². The third-order valence-corrected chi connectivity index (χ3v) is 13.5. The minimum atomic E-state index is -2.51. The topological polar surface area (TPSA) is 366 Å². The fourth-order valence-electron chi connectivity index (χ4n) is 8.99. The Hall–Kier alpha value is -7.56. The number of hydrogen-bond donors (Lipinski definition) is 9. The smallest absolute Gasteiger partial charge is 0.255 e. The fraction of sp³-hybridized carbons (Fsp3) is 0.467. The van der Waals surface area contributed by atoms with Crippen molar-refractivity contribution < 1.29 is 62.8 Å². The van der Waals surface area contributed by atoms with Gasteiger partial charge < -0.3 is 69.3 Å². The van der Waals surface area contributed by atoms with Crippen LogP contribution in [0.15, 0.2) is 72.8 Å². The number of rotatable bonds is 39. The number of benzene rings is 4. The lowest BCUT2D eigenvalue weighted by Gasteiger charge is -2.21. The molecule has 4 atom stereocenters. The van der Waals surface area contributed by atoms with Gasteiger partial charge in [-0.25, -0.2) is 0 Å². The van der Waals surface area contributed by atoms with E-state index in [1.54, 1.807) is 18.2 Å². The highest BCUT2D eigenvalue weighted by atomic mass is 16.5. The minimum Gasteiger partial charge on any atom is -0.496 e. The summed E-state index contributed by atoms with van der Waals surface area (Å²) in [5.74, 6) is -3.88. The summed E-state index contributed by atoms with van der Waals surface area (Å²) in [7, 11) is 5.46. The van der Waals surface area contributed by atoms with E-state index in [4.69, 9.17) is 58.8 Å². The molecular weight excluding hydrogens is 1040 g/mol. The number of amides is 4. The van der Waals surface area contributed by atoms with Crippen molar-refractivity contribution in [1.29, 1.82) is 0 Å². The largest absolute Gasteiger partial charge is 0.496 e. The Labute approximate surface area is 480 Å². The highest BCUT2D eigenvalue weighted by molar-refractivity contribution is 6.03. The summed E-state index contributed by atoms with van der Waals surface area (Å²) in [4.78, 5) is 110. The van der Waals surface area contributed by atoms with E-state index in [1.807, 2.05) is 0 Å². The highest BCUT2D eigenvalue weighted by Gasteiger charge is 2.29. The Kier molecular flexibility index (Phi) is 25.4. The van der Waals surface area contributed by atoms with Crippen molar-refractivity contribution in [3.05, 3.63) is 117 Å². The third-order valence-electron chi connectivity index (χ3n) is 13.5. The number of nitrogens with two attached hydrogens (primary N) is 6. The molecule has 0 aromatic heterocycles. The predicted octanol–water partition coefficient (Wildman–Crippen LogP) is 3.51. The van der Waals surface area contributed by atoms with Gasteiger partial charge in [-0.1, -0.05) is 30.6 Å². The molecule has 15 N–H and O–H groups in total. The van der Waals surface area contributed by atoms with Crippen molar-refractivity contribution in [2.75, 3.05) is 54.6 Å². The maximum atomic E-state index is 14.3. The second-order valence-electron chi connectivity index (χ2n) is 19.4. The average molecular weight is 1130 g/mol. The molecule has 0 aliphatic heterocycles. The van der Waals surface area contributed by atoms with Crippen molar-refractivity contribution in [2.24, 2.45) is 34.4 Å². The van der Waals surface area contributed by atoms with Crippen molar-refractivity contribution in [3.8, 4) is 23.0 Å². The molecule has 81 heavy (non-hydrogen) atoms. The van der Waals surface area contributed by atoms with Crippen LogP contribution in [0.4, 0.5) is 0 Å². The van der Waals surface area contributed by atoms with Crippen molar-refractivity contribution in [1.82, 2.24) is 16.0 Å². The van der Waals surface area contributed by atoms with Gasteiger partial charge in [-0.05, 0) is 168 Å². The molecule has 21 nitrogen and oxygen atoms in total. The lowest BCUT2D eigenvalue weighted by atomic mass is 9.95. The Morgan fingerprint density at radius 2 is 0.716 bits per heavy atom. The number of primary amides is 1. The van der Waals surface area contributed by atoms with Crippen LogP contribution in [0.5, 0.6) is 23.0 Å². The number of Topliss-reactive ketones (excluding diaryl/α,β-unsaturated/α-hetero) is 4. The number of ketones is 4.